The molecule has 4 nitrogen and oxygen atoms in total. The predicted octanol–water partition coefficient (Wildman–Crippen LogP) is 5.31. The summed E-state index contributed by atoms with van der Waals surface area (Å²) in [7, 11) is 1.67. The van der Waals surface area contributed by atoms with Gasteiger partial charge in [0.05, 0.1) is 12.6 Å². The Morgan fingerprint density at radius 3 is 2.48 bits per heavy atom. The first-order valence-corrected chi connectivity index (χ1v) is 9.70. The molecule has 1 amide bonds. The maximum absolute atomic E-state index is 13.0. The molecule has 0 spiro atoms. The number of benzene rings is 2. The first kappa shape index (κ1) is 19.3. The minimum atomic E-state index is -0.250. The van der Waals surface area contributed by atoms with Crippen LogP contribution in [0.5, 0.6) is 5.75 Å². The molecule has 1 heterocycles. The van der Waals surface area contributed by atoms with Crippen molar-refractivity contribution in [2.45, 2.75) is 46.6 Å². The molecule has 1 unspecified atom stereocenters. The van der Waals surface area contributed by atoms with E-state index in [0.29, 0.717) is 6.54 Å². The lowest BCUT2D eigenvalue weighted by molar-refractivity contribution is -0.124. The maximum atomic E-state index is 13.0. The number of para-hydroxylation sites is 1. The van der Waals surface area contributed by atoms with E-state index in [1.54, 1.807) is 7.11 Å². The lowest BCUT2D eigenvalue weighted by Gasteiger charge is -2.22. The zero-order chi connectivity index (χ0) is 19.6. The van der Waals surface area contributed by atoms with E-state index in [2.05, 4.69) is 55.8 Å². The van der Waals surface area contributed by atoms with Crippen LogP contribution >= 0.6 is 0 Å². The fourth-order valence-electron chi connectivity index (χ4n) is 3.61. The molecule has 0 saturated heterocycles. The van der Waals surface area contributed by atoms with Crippen LogP contribution in [-0.2, 0) is 4.79 Å². The number of ether oxygens (including phenoxy) is 1. The van der Waals surface area contributed by atoms with Gasteiger partial charge in [-0.25, -0.2) is 0 Å². The summed E-state index contributed by atoms with van der Waals surface area (Å²) in [5.41, 5.74) is 2.32. The summed E-state index contributed by atoms with van der Waals surface area (Å²) in [6, 6.07) is 14.1. The third-order valence-corrected chi connectivity index (χ3v) is 5.09. The zero-order valence-electron chi connectivity index (χ0n) is 17.0. The second-order valence-electron chi connectivity index (χ2n) is 8.30. The molecule has 27 heavy (non-hydrogen) atoms. The summed E-state index contributed by atoms with van der Waals surface area (Å²) < 4.78 is 7.60. The van der Waals surface area contributed by atoms with Gasteiger partial charge in [-0.2, -0.15) is 0 Å². The second-order valence-corrected chi connectivity index (χ2v) is 8.30. The van der Waals surface area contributed by atoms with Gasteiger partial charge >= 0.3 is 0 Å². The largest absolute Gasteiger partial charge is 0.497 e. The van der Waals surface area contributed by atoms with E-state index in [0.717, 1.165) is 40.4 Å². The van der Waals surface area contributed by atoms with Gasteiger partial charge < -0.3 is 14.6 Å². The number of carbonyl (C=O) groups excluding carboxylic acids is 1. The Hall–Kier alpha value is -2.49. The first-order valence-electron chi connectivity index (χ1n) is 9.70. The molecule has 3 rings (SSSR count). The fourth-order valence-corrected chi connectivity index (χ4v) is 3.61. The Bertz CT molecular complexity index is 950. The Labute approximate surface area is 161 Å². The van der Waals surface area contributed by atoms with Gasteiger partial charge in [0.2, 0.25) is 5.91 Å². The fraction of sp³-hybridized carbons (Fsp3) is 0.435. The summed E-state index contributed by atoms with van der Waals surface area (Å²) >= 11 is 0. The van der Waals surface area contributed by atoms with Crippen LogP contribution in [0.3, 0.4) is 0 Å². The minimum Gasteiger partial charge on any atom is -0.497 e. The van der Waals surface area contributed by atoms with Crippen LogP contribution in [0.4, 0.5) is 0 Å². The van der Waals surface area contributed by atoms with Crippen LogP contribution in [0.25, 0.3) is 21.8 Å². The van der Waals surface area contributed by atoms with Crippen molar-refractivity contribution in [2.75, 3.05) is 13.7 Å². The van der Waals surface area contributed by atoms with Gasteiger partial charge in [-0.3, -0.25) is 4.79 Å². The van der Waals surface area contributed by atoms with Crippen molar-refractivity contribution in [1.29, 1.82) is 0 Å². The van der Waals surface area contributed by atoms with E-state index in [9.17, 15) is 4.79 Å². The molecular weight excluding hydrogens is 336 g/mol. The molecule has 0 aliphatic heterocycles. The molecule has 0 fully saturated rings. The summed E-state index contributed by atoms with van der Waals surface area (Å²) in [5, 5.41) is 5.45. The van der Waals surface area contributed by atoms with Gasteiger partial charge in [-0.15, -0.1) is 0 Å². The van der Waals surface area contributed by atoms with Crippen molar-refractivity contribution < 1.29 is 9.53 Å². The Kier molecular flexibility index (Phi) is 5.45. The smallest absolute Gasteiger partial charge is 0.243 e. The molecule has 3 aromatic rings. The van der Waals surface area contributed by atoms with E-state index in [4.69, 9.17) is 4.74 Å². The highest BCUT2D eigenvalue weighted by atomic mass is 16.5. The van der Waals surface area contributed by atoms with Crippen molar-refractivity contribution in [3.05, 3.63) is 42.5 Å². The summed E-state index contributed by atoms with van der Waals surface area (Å²) in [5.74, 6) is 0.877. The van der Waals surface area contributed by atoms with Crippen LogP contribution in [0, 0.1) is 5.41 Å². The van der Waals surface area contributed by atoms with Crippen LogP contribution in [0.2, 0.25) is 0 Å². The van der Waals surface area contributed by atoms with Crippen LogP contribution in [0.1, 0.15) is 46.6 Å². The Balaban J connectivity index is 2.05. The maximum Gasteiger partial charge on any atom is 0.243 e. The lowest BCUT2D eigenvalue weighted by atomic mass is 9.92. The van der Waals surface area contributed by atoms with Gasteiger partial charge in [0, 0.05) is 28.9 Å². The highest BCUT2D eigenvalue weighted by Gasteiger charge is 2.23. The number of fused-ring (bicyclic) bond motifs is 3. The summed E-state index contributed by atoms with van der Waals surface area (Å²) in [4.78, 5) is 13.0. The zero-order valence-corrected chi connectivity index (χ0v) is 17.0. The van der Waals surface area contributed by atoms with Gasteiger partial charge in [0.25, 0.3) is 0 Å². The van der Waals surface area contributed by atoms with Crippen molar-refractivity contribution >= 4 is 27.7 Å². The molecule has 0 saturated carbocycles. The SMILES string of the molecule is CCC(C(=O)NCCC(C)(C)C)n1c2ccccc2c2ccc(OC)cc21. The summed E-state index contributed by atoms with van der Waals surface area (Å²) in [6.45, 7) is 9.33. The van der Waals surface area contributed by atoms with E-state index >= 15 is 0 Å². The third-order valence-electron chi connectivity index (χ3n) is 5.09. The normalized spacial score (nSPS) is 13.1. The quantitative estimate of drug-likeness (QED) is 0.643. The number of carbonyl (C=O) groups is 1. The second kappa shape index (κ2) is 7.63. The Morgan fingerprint density at radius 1 is 1.11 bits per heavy atom. The van der Waals surface area contributed by atoms with Gasteiger partial charge in [0.15, 0.2) is 0 Å². The van der Waals surface area contributed by atoms with Gasteiger partial charge in [0.1, 0.15) is 11.8 Å². The predicted molar refractivity (Wildman–Crippen MR) is 112 cm³/mol. The highest BCUT2D eigenvalue weighted by Crippen LogP contribution is 2.35. The number of nitrogens with zero attached hydrogens (tertiary/aromatic N) is 1. The molecule has 1 aromatic heterocycles. The molecule has 0 bridgehead atoms. The Morgan fingerprint density at radius 2 is 1.81 bits per heavy atom. The van der Waals surface area contributed by atoms with Crippen molar-refractivity contribution in [2.24, 2.45) is 5.41 Å². The number of hydrogen-bond acceptors (Lipinski definition) is 2. The van der Waals surface area contributed by atoms with Crippen molar-refractivity contribution in [3.63, 3.8) is 0 Å². The standard InChI is InChI=1S/C23H30N2O2/c1-6-19(22(26)24-14-13-23(2,3)4)25-20-10-8-7-9-17(20)18-12-11-16(27-5)15-21(18)25/h7-12,15,19H,6,13-14H2,1-5H3,(H,24,26). The molecule has 1 atom stereocenters. The molecule has 0 aliphatic carbocycles. The minimum absolute atomic E-state index is 0.0761. The molecule has 1 N–H and O–H groups in total. The average Bonchev–Trinajstić information content (AvgIpc) is 2.95. The van der Waals surface area contributed by atoms with E-state index in [1.165, 1.54) is 0 Å². The van der Waals surface area contributed by atoms with Crippen LogP contribution in [0.15, 0.2) is 42.5 Å². The van der Waals surface area contributed by atoms with Crippen molar-refractivity contribution in [3.8, 4) is 5.75 Å². The molecule has 0 radical (unpaired) electrons. The third kappa shape index (κ3) is 3.95. The summed E-state index contributed by atoms with van der Waals surface area (Å²) in [6.07, 6.45) is 1.68. The highest BCUT2D eigenvalue weighted by molar-refractivity contribution is 6.09. The average molecular weight is 367 g/mol. The molecule has 0 aliphatic rings. The molecular formula is C23H30N2O2. The monoisotopic (exact) mass is 366 g/mol. The van der Waals surface area contributed by atoms with Crippen LogP contribution in [-0.4, -0.2) is 24.1 Å². The van der Waals surface area contributed by atoms with Gasteiger partial charge in [-0.1, -0.05) is 45.9 Å². The van der Waals surface area contributed by atoms with Gasteiger partial charge in [-0.05, 0) is 36.5 Å². The number of hydrogen-bond donors (Lipinski definition) is 1. The number of methoxy groups -OCH3 is 1. The molecule has 144 valence electrons. The van der Waals surface area contributed by atoms with E-state index in [1.807, 2.05) is 24.3 Å². The van der Waals surface area contributed by atoms with E-state index < -0.39 is 0 Å². The lowest BCUT2D eigenvalue weighted by Crippen LogP contribution is -2.34. The van der Waals surface area contributed by atoms with Crippen LogP contribution < -0.4 is 10.1 Å². The van der Waals surface area contributed by atoms with E-state index in [-0.39, 0.29) is 17.4 Å². The molecule has 4 heteroatoms. The number of rotatable bonds is 6. The number of nitrogens with one attached hydrogen (secondary N) is 1. The first-order chi connectivity index (χ1) is 12.9. The number of amides is 1. The molecule has 2 aromatic carbocycles. The topological polar surface area (TPSA) is 43.3 Å². The number of aromatic nitrogens is 1. The van der Waals surface area contributed by atoms with Crippen molar-refractivity contribution in [1.82, 2.24) is 9.88 Å².